The third kappa shape index (κ3) is 3.58. The average molecular weight is 467 g/mol. The fraction of sp³-hybridized carbons (Fsp3) is 0.263. The highest BCUT2D eigenvalue weighted by Gasteiger charge is 2.22. The number of amides is 1. The van der Waals surface area contributed by atoms with E-state index in [2.05, 4.69) is 42.5 Å². The summed E-state index contributed by atoms with van der Waals surface area (Å²) in [6, 6.07) is 17.0. The van der Waals surface area contributed by atoms with Gasteiger partial charge in [-0.25, -0.2) is 0 Å². The van der Waals surface area contributed by atoms with Gasteiger partial charge in [0.05, 0.1) is 7.93 Å². The normalized spacial score (nSPS) is 16.5. The molecule has 0 radical (unpaired) electrons. The molecule has 0 unspecified atom stereocenters. The number of para-hydroxylation sites is 1. The fourth-order valence-electron chi connectivity index (χ4n) is 3.00. The van der Waals surface area contributed by atoms with E-state index in [1.807, 2.05) is 22.7 Å². The summed E-state index contributed by atoms with van der Waals surface area (Å²) in [7, 11) is 0. The van der Waals surface area contributed by atoms with Gasteiger partial charge in [0.2, 0.25) is 5.91 Å². The van der Waals surface area contributed by atoms with E-state index in [1.54, 1.807) is 11.8 Å². The molecule has 2 aromatic carbocycles. The molecule has 0 N–H and O–H groups in total. The summed E-state index contributed by atoms with van der Waals surface area (Å²) < 4.78 is 2.95. The number of carbonyl (C=O) groups is 1. The number of hydrogen-bond acceptors (Lipinski definition) is 3. The quantitative estimate of drug-likeness (QED) is 0.585. The second-order valence-corrected chi connectivity index (χ2v) is 12.3. The molecule has 1 amide bonds. The molecule has 0 saturated heterocycles. The monoisotopic (exact) mass is 467 g/mol. The molecule has 124 valence electrons. The van der Waals surface area contributed by atoms with Crippen LogP contribution in [0.3, 0.4) is 0 Å². The molecule has 5 heteroatoms. The highest BCUT2D eigenvalue weighted by molar-refractivity contribution is 14.2. The van der Waals surface area contributed by atoms with Crippen molar-refractivity contribution in [3.63, 3.8) is 0 Å². The lowest BCUT2D eigenvalue weighted by molar-refractivity contribution is -0.116. The van der Waals surface area contributed by atoms with E-state index in [9.17, 15) is 4.79 Å². The number of carbonyl (C=O) groups excluding carboxylic acids is 1. The number of benzene rings is 2. The van der Waals surface area contributed by atoms with Gasteiger partial charge in [-0.2, -0.15) is 0 Å². The number of rotatable bonds is 3. The van der Waals surface area contributed by atoms with Crippen LogP contribution in [0.15, 0.2) is 53.4 Å². The second kappa shape index (κ2) is 7.62. The first-order chi connectivity index (χ1) is 11.8. The Morgan fingerprint density at radius 3 is 2.88 bits per heavy atom. The molecular weight excluding hydrogens is 449 g/mol. The van der Waals surface area contributed by atoms with E-state index in [-0.39, 0.29) is 26.6 Å². The van der Waals surface area contributed by atoms with Gasteiger partial charge in [0, 0.05) is 20.7 Å². The van der Waals surface area contributed by atoms with Crippen molar-refractivity contribution in [1.82, 2.24) is 0 Å². The maximum absolute atomic E-state index is 12.8. The minimum Gasteiger partial charge on any atom is -0.311 e. The van der Waals surface area contributed by atoms with Crippen LogP contribution in [0.4, 0.5) is 5.69 Å². The van der Waals surface area contributed by atoms with Crippen LogP contribution >= 0.6 is 44.3 Å². The molecule has 4 rings (SSSR count). The van der Waals surface area contributed by atoms with Crippen molar-refractivity contribution in [2.75, 3.05) is 17.2 Å². The SMILES string of the molecule is O=C(CSC1=Ic2ccccc2S1)N1CCCCc2ccccc21. The molecule has 0 bridgehead atoms. The number of hydrogen-bond donors (Lipinski definition) is 0. The van der Waals surface area contributed by atoms with Gasteiger partial charge >= 0.3 is 0 Å². The van der Waals surface area contributed by atoms with Crippen molar-refractivity contribution in [2.24, 2.45) is 0 Å². The van der Waals surface area contributed by atoms with Crippen LogP contribution in [0.25, 0.3) is 0 Å². The van der Waals surface area contributed by atoms with E-state index in [1.165, 1.54) is 22.6 Å². The second-order valence-electron chi connectivity index (χ2n) is 5.78. The smallest absolute Gasteiger partial charge is 0.237 e. The van der Waals surface area contributed by atoms with E-state index < -0.39 is 0 Å². The van der Waals surface area contributed by atoms with Gasteiger partial charge < -0.3 is 4.90 Å². The summed E-state index contributed by atoms with van der Waals surface area (Å²) in [6.45, 7) is 0.855. The Labute approximate surface area is 161 Å². The molecule has 24 heavy (non-hydrogen) atoms. The van der Waals surface area contributed by atoms with Gasteiger partial charge in [-0.3, -0.25) is 4.79 Å². The molecule has 2 heterocycles. The standard InChI is InChI=1S/C19H18INOS2/c22-18(13-23-19-20-15-9-2-4-11-17(15)24-19)21-12-6-5-8-14-7-1-3-10-16(14)21/h1-4,7,9-11H,5-6,8,12-13H2. The average Bonchev–Trinajstić information content (AvgIpc) is 2.91. The van der Waals surface area contributed by atoms with Gasteiger partial charge in [0.15, 0.2) is 0 Å². The summed E-state index contributed by atoms with van der Waals surface area (Å²) in [5, 5.41) is 0. The lowest BCUT2D eigenvalue weighted by Gasteiger charge is -2.22. The van der Waals surface area contributed by atoms with E-state index in [4.69, 9.17) is 0 Å². The molecule has 0 aromatic heterocycles. The first kappa shape index (κ1) is 16.7. The molecule has 0 fully saturated rings. The van der Waals surface area contributed by atoms with Gasteiger partial charge in [0.1, 0.15) is 0 Å². The van der Waals surface area contributed by atoms with Gasteiger partial charge in [0.25, 0.3) is 0 Å². The molecule has 2 aliphatic heterocycles. The molecule has 2 aliphatic rings. The zero-order valence-corrected chi connectivity index (χ0v) is 17.0. The molecule has 0 saturated carbocycles. The zero-order chi connectivity index (χ0) is 16.4. The minimum absolute atomic E-state index is 0.0809. The number of nitrogens with zero attached hydrogens (tertiary/aromatic N) is 1. The van der Waals surface area contributed by atoms with Crippen molar-refractivity contribution in [1.29, 1.82) is 0 Å². The zero-order valence-electron chi connectivity index (χ0n) is 13.2. The van der Waals surface area contributed by atoms with E-state index >= 15 is 0 Å². The maximum Gasteiger partial charge on any atom is 0.237 e. The van der Waals surface area contributed by atoms with Gasteiger partial charge in [-0.1, -0.05) is 62.8 Å². The largest absolute Gasteiger partial charge is 0.311 e. The number of anilines is 1. The predicted molar refractivity (Wildman–Crippen MR) is 114 cm³/mol. The van der Waals surface area contributed by atoms with E-state index in [0.29, 0.717) is 5.75 Å². The maximum atomic E-state index is 12.8. The van der Waals surface area contributed by atoms with Gasteiger partial charge in [-0.15, -0.1) is 11.8 Å². The first-order valence-corrected chi connectivity index (χ1v) is 12.1. The number of halogens is 1. The van der Waals surface area contributed by atoms with E-state index in [0.717, 1.165) is 25.1 Å². The Morgan fingerprint density at radius 2 is 1.96 bits per heavy atom. The minimum atomic E-state index is -0.0809. The van der Waals surface area contributed by atoms with Crippen LogP contribution < -0.4 is 4.90 Å². The molecule has 2 nitrogen and oxygen atoms in total. The van der Waals surface area contributed by atoms with Crippen LogP contribution in [0.2, 0.25) is 0 Å². The Bertz CT molecular complexity index is 805. The van der Waals surface area contributed by atoms with Crippen molar-refractivity contribution < 1.29 is 4.79 Å². The van der Waals surface area contributed by atoms with Crippen LogP contribution in [0.5, 0.6) is 0 Å². The van der Waals surface area contributed by atoms with Crippen LogP contribution in [-0.2, 0) is 11.2 Å². The summed E-state index contributed by atoms with van der Waals surface area (Å²) in [6.07, 6.45) is 3.35. The van der Waals surface area contributed by atoms with Crippen molar-refractivity contribution in [2.45, 2.75) is 24.2 Å². The Morgan fingerprint density at radius 1 is 1.12 bits per heavy atom. The van der Waals surface area contributed by atoms with Crippen molar-refractivity contribution in [3.05, 3.63) is 57.7 Å². The van der Waals surface area contributed by atoms with Crippen LogP contribution in [0.1, 0.15) is 18.4 Å². The lowest BCUT2D eigenvalue weighted by atomic mass is 10.1. The number of aryl methyl sites for hydroxylation is 1. The molecule has 2 aromatic rings. The number of thioether (sulfide) groups is 2. The van der Waals surface area contributed by atoms with Crippen LogP contribution in [-0.4, -0.2) is 20.4 Å². The third-order valence-corrected chi connectivity index (χ3v) is 11.1. The van der Waals surface area contributed by atoms with Gasteiger partial charge in [-0.05, 0) is 43.0 Å². The summed E-state index contributed by atoms with van der Waals surface area (Å²) in [4.78, 5) is 16.2. The first-order valence-electron chi connectivity index (χ1n) is 8.11. The molecule has 0 spiro atoms. The Hall–Kier alpha value is -0.790. The Kier molecular flexibility index (Phi) is 5.29. The topological polar surface area (TPSA) is 20.3 Å². The lowest BCUT2D eigenvalue weighted by Crippen LogP contribution is -2.33. The predicted octanol–water partition coefficient (Wildman–Crippen LogP) is 5.12. The fourth-order valence-corrected chi connectivity index (χ4v) is 9.64. The summed E-state index contributed by atoms with van der Waals surface area (Å²) in [5.74, 6) is 0.812. The molecule has 0 aliphatic carbocycles. The Balaban J connectivity index is 1.44. The number of fused-ring (bicyclic) bond motifs is 2. The summed E-state index contributed by atoms with van der Waals surface area (Å²) in [5.41, 5.74) is 2.44. The highest BCUT2D eigenvalue weighted by Crippen LogP contribution is 2.42. The van der Waals surface area contributed by atoms with Crippen molar-refractivity contribution >= 4 is 58.0 Å². The summed E-state index contributed by atoms with van der Waals surface area (Å²) >= 11 is 3.55. The molecular formula is C19H18INOS2. The highest BCUT2D eigenvalue weighted by atomic mass is 127. The van der Waals surface area contributed by atoms with Crippen LogP contribution in [0, 0.1) is 3.57 Å². The third-order valence-electron chi connectivity index (χ3n) is 4.18. The van der Waals surface area contributed by atoms with Crippen molar-refractivity contribution in [3.8, 4) is 0 Å². The molecule has 0 atom stereocenters.